The Morgan fingerprint density at radius 2 is 1.86 bits per heavy atom. The van der Waals surface area contributed by atoms with Crippen LogP contribution >= 0.6 is 15.9 Å². The number of pyridine rings is 1. The molecule has 0 saturated carbocycles. The lowest BCUT2D eigenvalue weighted by atomic mass is 10.2. The highest BCUT2D eigenvalue weighted by Crippen LogP contribution is 2.14. The van der Waals surface area contributed by atoms with E-state index in [0.29, 0.717) is 17.1 Å². The first kappa shape index (κ1) is 20.3. The van der Waals surface area contributed by atoms with Crippen LogP contribution in [0.2, 0.25) is 0 Å². The second kappa shape index (κ2) is 9.65. The zero-order valence-electron chi connectivity index (χ0n) is 15.1. The molecule has 148 valence electrons. The maximum absolute atomic E-state index is 12.4. The molecule has 8 nitrogen and oxygen atoms in total. The van der Waals surface area contributed by atoms with Gasteiger partial charge in [0, 0.05) is 34.9 Å². The average Bonchev–Trinajstić information content (AvgIpc) is 3.25. The van der Waals surface area contributed by atoms with Gasteiger partial charge in [0.15, 0.2) is 5.76 Å². The Kier molecular flexibility index (Phi) is 6.75. The summed E-state index contributed by atoms with van der Waals surface area (Å²) >= 11 is 3.28. The number of carbonyl (C=O) groups is 3. The number of rotatable bonds is 7. The highest BCUT2D eigenvalue weighted by atomic mass is 79.9. The van der Waals surface area contributed by atoms with Crippen LogP contribution in [0.4, 0.5) is 11.5 Å². The summed E-state index contributed by atoms with van der Waals surface area (Å²) in [4.78, 5) is 40.3. The number of anilines is 2. The zero-order chi connectivity index (χ0) is 20.6. The number of amides is 3. The van der Waals surface area contributed by atoms with Gasteiger partial charge in [-0.25, -0.2) is 4.98 Å². The first-order valence-electron chi connectivity index (χ1n) is 8.66. The molecule has 3 N–H and O–H groups in total. The van der Waals surface area contributed by atoms with Crippen molar-refractivity contribution in [2.75, 3.05) is 17.2 Å². The molecule has 0 radical (unpaired) electrons. The third kappa shape index (κ3) is 6.01. The highest BCUT2D eigenvalue weighted by molar-refractivity contribution is 9.10. The van der Waals surface area contributed by atoms with Gasteiger partial charge in [0.2, 0.25) is 5.91 Å². The number of benzene rings is 1. The monoisotopic (exact) mass is 456 g/mol. The largest absolute Gasteiger partial charge is 0.459 e. The van der Waals surface area contributed by atoms with Crippen LogP contribution in [0, 0.1) is 0 Å². The third-order valence-corrected chi connectivity index (χ3v) is 4.23. The lowest BCUT2D eigenvalue weighted by Gasteiger charge is -2.08. The van der Waals surface area contributed by atoms with Gasteiger partial charge in [-0.3, -0.25) is 14.4 Å². The van der Waals surface area contributed by atoms with Crippen LogP contribution in [0.15, 0.2) is 69.9 Å². The number of aromatic nitrogens is 1. The fraction of sp³-hybridized carbons (Fsp3) is 0.100. The van der Waals surface area contributed by atoms with Crippen molar-refractivity contribution in [2.45, 2.75) is 6.42 Å². The lowest BCUT2D eigenvalue weighted by molar-refractivity contribution is -0.116. The van der Waals surface area contributed by atoms with Gasteiger partial charge >= 0.3 is 0 Å². The van der Waals surface area contributed by atoms with E-state index in [0.717, 1.165) is 4.47 Å². The maximum Gasteiger partial charge on any atom is 0.286 e. The Morgan fingerprint density at radius 3 is 2.59 bits per heavy atom. The molecule has 3 amide bonds. The van der Waals surface area contributed by atoms with Gasteiger partial charge in [-0.1, -0.05) is 6.07 Å². The molecule has 0 aliphatic rings. The summed E-state index contributed by atoms with van der Waals surface area (Å²) in [5, 5.41) is 7.98. The smallest absolute Gasteiger partial charge is 0.286 e. The first-order valence-corrected chi connectivity index (χ1v) is 9.45. The second-order valence-corrected chi connectivity index (χ2v) is 6.84. The van der Waals surface area contributed by atoms with Crippen LogP contribution in [0.1, 0.15) is 27.3 Å². The number of hydrogen-bond acceptors (Lipinski definition) is 5. The van der Waals surface area contributed by atoms with Crippen molar-refractivity contribution in [2.24, 2.45) is 0 Å². The highest BCUT2D eigenvalue weighted by Gasteiger charge is 2.11. The summed E-state index contributed by atoms with van der Waals surface area (Å²) in [5.41, 5.74) is 0.849. The van der Waals surface area contributed by atoms with E-state index in [2.05, 4.69) is 36.9 Å². The van der Waals surface area contributed by atoms with E-state index in [-0.39, 0.29) is 36.4 Å². The quantitative estimate of drug-likeness (QED) is 0.503. The average molecular weight is 457 g/mol. The molecule has 1 aromatic carbocycles. The maximum atomic E-state index is 12.4. The molecule has 0 unspecified atom stereocenters. The molecule has 9 heteroatoms. The summed E-state index contributed by atoms with van der Waals surface area (Å²) in [6.07, 6.45) is 3.06. The molecule has 0 aliphatic heterocycles. The Labute approximate surface area is 174 Å². The SMILES string of the molecule is O=C(CCNC(=O)c1ccco1)Nc1cccc(C(=O)Nc2ccc(Br)cn2)c1. The predicted molar refractivity (Wildman–Crippen MR) is 111 cm³/mol. The Balaban J connectivity index is 1.50. The topological polar surface area (TPSA) is 113 Å². The van der Waals surface area contributed by atoms with Crippen molar-refractivity contribution in [1.82, 2.24) is 10.3 Å². The molecule has 0 saturated heterocycles. The van der Waals surface area contributed by atoms with E-state index in [4.69, 9.17) is 4.42 Å². The van der Waals surface area contributed by atoms with Gasteiger partial charge in [0.1, 0.15) is 5.82 Å². The normalized spacial score (nSPS) is 10.2. The van der Waals surface area contributed by atoms with E-state index in [9.17, 15) is 14.4 Å². The number of hydrogen-bond donors (Lipinski definition) is 3. The third-order valence-electron chi connectivity index (χ3n) is 3.76. The molecule has 3 rings (SSSR count). The standard InChI is InChI=1S/C20H17BrN4O4/c21-14-6-7-17(23-12-14)25-19(27)13-3-1-4-15(11-13)24-18(26)8-9-22-20(28)16-5-2-10-29-16/h1-7,10-12H,8-9H2,(H,22,28)(H,24,26)(H,23,25,27). The van der Waals surface area contributed by atoms with Crippen LogP contribution in [0.5, 0.6) is 0 Å². The van der Waals surface area contributed by atoms with E-state index < -0.39 is 0 Å². The molecule has 0 bridgehead atoms. The number of furan rings is 1. The number of nitrogens with one attached hydrogen (secondary N) is 3. The summed E-state index contributed by atoms with van der Waals surface area (Å²) in [5.74, 6) is -0.425. The fourth-order valence-corrected chi connectivity index (χ4v) is 2.62. The van der Waals surface area contributed by atoms with Crippen LogP contribution < -0.4 is 16.0 Å². The minimum Gasteiger partial charge on any atom is -0.459 e. The Hall–Kier alpha value is -3.46. The summed E-state index contributed by atoms with van der Waals surface area (Å²) in [7, 11) is 0. The van der Waals surface area contributed by atoms with Gasteiger partial charge in [0.05, 0.1) is 6.26 Å². The lowest BCUT2D eigenvalue weighted by Crippen LogP contribution is -2.27. The minimum absolute atomic E-state index is 0.0751. The van der Waals surface area contributed by atoms with Gasteiger partial charge in [0.25, 0.3) is 11.8 Å². The van der Waals surface area contributed by atoms with E-state index >= 15 is 0 Å². The Bertz CT molecular complexity index is 1000. The van der Waals surface area contributed by atoms with Crippen LogP contribution in [-0.4, -0.2) is 29.3 Å². The van der Waals surface area contributed by atoms with Crippen molar-refractivity contribution in [1.29, 1.82) is 0 Å². The molecule has 0 fully saturated rings. The molecule has 2 heterocycles. The van der Waals surface area contributed by atoms with Gasteiger partial charge in [-0.15, -0.1) is 0 Å². The van der Waals surface area contributed by atoms with Crippen molar-refractivity contribution < 1.29 is 18.8 Å². The molecule has 0 spiro atoms. The van der Waals surface area contributed by atoms with Crippen LogP contribution in [0.25, 0.3) is 0 Å². The molecular weight excluding hydrogens is 440 g/mol. The van der Waals surface area contributed by atoms with Crippen LogP contribution in [-0.2, 0) is 4.79 Å². The van der Waals surface area contributed by atoms with E-state index in [1.54, 1.807) is 48.7 Å². The van der Waals surface area contributed by atoms with Crippen molar-refractivity contribution in [3.05, 3.63) is 76.8 Å². The number of nitrogens with zero attached hydrogens (tertiary/aromatic N) is 1. The van der Waals surface area contributed by atoms with Crippen molar-refractivity contribution in [3.63, 3.8) is 0 Å². The van der Waals surface area contributed by atoms with Crippen molar-refractivity contribution in [3.8, 4) is 0 Å². The first-order chi connectivity index (χ1) is 14.0. The second-order valence-electron chi connectivity index (χ2n) is 5.93. The zero-order valence-corrected chi connectivity index (χ0v) is 16.7. The predicted octanol–water partition coefficient (Wildman–Crippen LogP) is 3.45. The fourth-order valence-electron chi connectivity index (χ4n) is 2.38. The van der Waals surface area contributed by atoms with Gasteiger partial charge in [-0.2, -0.15) is 0 Å². The summed E-state index contributed by atoms with van der Waals surface area (Å²) in [6, 6.07) is 13.1. The summed E-state index contributed by atoms with van der Waals surface area (Å²) in [6.45, 7) is 0.154. The van der Waals surface area contributed by atoms with Crippen molar-refractivity contribution >= 4 is 45.2 Å². The molecule has 2 aromatic heterocycles. The Morgan fingerprint density at radius 1 is 1.00 bits per heavy atom. The van der Waals surface area contributed by atoms with E-state index in [1.807, 2.05) is 0 Å². The molecular formula is C20H17BrN4O4. The van der Waals surface area contributed by atoms with Gasteiger partial charge in [-0.05, 0) is 58.4 Å². The minimum atomic E-state index is -0.386. The van der Waals surface area contributed by atoms with Gasteiger partial charge < -0.3 is 20.4 Å². The summed E-state index contributed by atoms with van der Waals surface area (Å²) < 4.78 is 5.78. The molecule has 0 atom stereocenters. The number of halogens is 1. The number of carbonyl (C=O) groups excluding carboxylic acids is 3. The molecule has 3 aromatic rings. The van der Waals surface area contributed by atoms with Crippen LogP contribution in [0.3, 0.4) is 0 Å². The van der Waals surface area contributed by atoms with E-state index in [1.165, 1.54) is 12.3 Å². The molecule has 29 heavy (non-hydrogen) atoms. The molecule has 0 aliphatic carbocycles.